The van der Waals surface area contributed by atoms with Crippen molar-refractivity contribution in [2.24, 2.45) is 5.73 Å². The lowest BCUT2D eigenvalue weighted by molar-refractivity contribution is 0.275. The lowest BCUT2D eigenvalue weighted by atomic mass is 10.0. The fourth-order valence-electron chi connectivity index (χ4n) is 1.15. The molecule has 0 saturated carbocycles. The monoisotopic (exact) mass is 263 g/mol. The van der Waals surface area contributed by atoms with Crippen molar-refractivity contribution in [2.75, 3.05) is 6.61 Å². The number of halogens is 2. The van der Waals surface area contributed by atoms with Crippen LogP contribution in [0, 0.1) is 5.82 Å². The van der Waals surface area contributed by atoms with E-state index in [1.165, 1.54) is 12.1 Å². The van der Waals surface area contributed by atoms with Crippen molar-refractivity contribution in [2.45, 2.75) is 12.5 Å². The standard InChI is InChI=1S/C9H11BrFNO2/c10-8-6(11)2-1-5(9(8)14)7(12)3-4-13/h1-2,7,13-14H,3-4,12H2/t7-/m0/s1. The van der Waals surface area contributed by atoms with Gasteiger partial charge >= 0.3 is 0 Å². The van der Waals surface area contributed by atoms with Gasteiger partial charge in [-0.3, -0.25) is 0 Å². The molecule has 0 aliphatic heterocycles. The highest BCUT2D eigenvalue weighted by Crippen LogP contribution is 2.33. The number of benzene rings is 1. The molecule has 4 N–H and O–H groups in total. The van der Waals surface area contributed by atoms with Gasteiger partial charge in [-0.1, -0.05) is 6.07 Å². The molecule has 0 fully saturated rings. The van der Waals surface area contributed by atoms with E-state index in [-0.39, 0.29) is 16.8 Å². The van der Waals surface area contributed by atoms with Crippen molar-refractivity contribution < 1.29 is 14.6 Å². The van der Waals surface area contributed by atoms with Gasteiger partial charge in [0.05, 0.1) is 4.47 Å². The summed E-state index contributed by atoms with van der Waals surface area (Å²) in [5.74, 6) is -0.742. The largest absolute Gasteiger partial charge is 0.506 e. The average Bonchev–Trinajstić information content (AvgIpc) is 2.15. The Morgan fingerprint density at radius 3 is 2.71 bits per heavy atom. The first-order valence-electron chi connectivity index (χ1n) is 4.11. The van der Waals surface area contributed by atoms with E-state index < -0.39 is 11.9 Å². The van der Waals surface area contributed by atoms with E-state index in [2.05, 4.69) is 15.9 Å². The Balaban J connectivity index is 3.04. The van der Waals surface area contributed by atoms with E-state index in [9.17, 15) is 9.50 Å². The lowest BCUT2D eigenvalue weighted by Gasteiger charge is -2.13. The number of phenols is 1. The summed E-state index contributed by atoms with van der Waals surface area (Å²) in [6.45, 7) is -0.0738. The smallest absolute Gasteiger partial charge is 0.141 e. The fraction of sp³-hybridized carbons (Fsp3) is 0.333. The summed E-state index contributed by atoms with van der Waals surface area (Å²) in [6, 6.07) is 2.14. The Morgan fingerprint density at radius 1 is 1.50 bits per heavy atom. The number of hydrogen-bond donors (Lipinski definition) is 3. The van der Waals surface area contributed by atoms with E-state index in [0.29, 0.717) is 12.0 Å². The molecule has 0 saturated heterocycles. The quantitative estimate of drug-likeness (QED) is 0.778. The molecule has 0 aromatic heterocycles. The van der Waals surface area contributed by atoms with Gasteiger partial charge in [-0.2, -0.15) is 0 Å². The Hall–Kier alpha value is -0.650. The Morgan fingerprint density at radius 2 is 2.14 bits per heavy atom. The van der Waals surface area contributed by atoms with E-state index in [0.717, 1.165) is 0 Å². The van der Waals surface area contributed by atoms with Gasteiger partial charge in [-0.15, -0.1) is 0 Å². The third kappa shape index (κ3) is 2.23. The first-order valence-corrected chi connectivity index (χ1v) is 4.90. The van der Waals surface area contributed by atoms with Gasteiger partial charge in [0.15, 0.2) is 0 Å². The topological polar surface area (TPSA) is 66.5 Å². The van der Waals surface area contributed by atoms with Gasteiger partial charge in [0.2, 0.25) is 0 Å². The van der Waals surface area contributed by atoms with Gasteiger partial charge in [0.1, 0.15) is 11.6 Å². The highest BCUT2D eigenvalue weighted by Gasteiger charge is 2.15. The normalized spacial score (nSPS) is 12.9. The van der Waals surface area contributed by atoms with E-state index in [1.54, 1.807) is 0 Å². The third-order valence-electron chi connectivity index (χ3n) is 1.94. The minimum Gasteiger partial charge on any atom is -0.506 e. The zero-order valence-electron chi connectivity index (χ0n) is 7.37. The summed E-state index contributed by atoms with van der Waals surface area (Å²) in [5, 5.41) is 18.2. The first kappa shape index (κ1) is 11.4. The summed E-state index contributed by atoms with van der Waals surface area (Å²) < 4.78 is 12.9. The van der Waals surface area contributed by atoms with Crippen LogP contribution in [0.4, 0.5) is 4.39 Å². The highest BCUT2D eigenvalue weighted by atomic mass is 79.9. The van der Waals surface area contributed by atoms with Crippen LogP contribution in [0.5, 0.6) is 5.75 Å². The summed E-state index contributed by atoms with van der Waals surface area (Å²) in [6.07, 6.45) is 0.325. The van der Waals surface area contributed by atoms with Crippen LogP contribution < -0.4 is 5.73 Å². The van der Waals surface area contributed by atoms with E-state index in [1.807, 2.05) is 0 Å². The maximum Gasteiger partial charge on any atom is 0.141 e. The molecule has 1 aromatic carbocycles. The van der Waals surface area contributed by atoms with Crippen LogP contribution in [-0.2, 0) is 0 Å². The van der Waals surface area contributed by atoms with Crippen molar-refractivity contribution in [3.05, 3.63) is 28.0 Å². The van der Waals surface area contributed by atoms with Crippen LogP contribution in [0.1, 0.15) is 18.0 Å². The molecular formula is C9H11BrFNO2. The number of aliphatic hydroxyl groups is 1. The van der Waals surface area contributed by atoms with Gasteiger partial charge in [0, 0.05) is 18.2 Å². The van der Waals surface area contributed by atoms with Crippen LogP contribution in [0.25, 0.3) is 0 Å². The summed E-state index contributed by atoms with van der Waals surface area (Å²) in [4.78, 5) is 0. The number of hydrogen-bond acceptors (Lipinski definition) is 3. The number of nitrogens with two attached hydrogens (primary N) is 1. The van der Waals surface area contributed by atoms with Crippen molar-refractivity contribution in [1.82, 2.24) is 0 Å². The number of rotatable bonds is 3. The first-order chi connectivity index (χ1) is 6.57. The lowest BCUT2D eigenvalue weighted by Crippen LogP contribution is -2.12. The van der Waals surface area contributed by atoms with Crippen LogP contribution in [0.3, 0.4) is 0 Å². The van der Waals surface area contributed by atoms with E-state index >= 15 is 0 Å². The molecule has 0 radical (unpaired) electrons. The predicted octanol–water partition coefficient (Wildman–Crippen LogP) is 1.68. The molecule has 0 aliphatic carbocycles. The second-order valence-electron chi connectivity index (χ2n) is 2.92. The molecule has 1 atom stereocenters. The maximum absolute atomic E-state index is 12.9. The Kier molecular flexibility index (Phi) is 3.86. The average molecular weight is 264 g/mol. The molecule has 1 rings (SSSR count). The summed E-state index contributed by atoms with van der Waals surface area (Å²) >= 11 is 2.91. The molecule has 0 bridgehead atoms. The number of phenolic OH excluding ortho intramolecular Hbond substituents is 1. The summed E-state index contributed by atoms with van der Waals surface area (Å²) in [5.41, 5.74) is 6.09. The van der Waals surface area contributed by atoms with Gasteiger partial charge in [0.25, 0.3) is 0 Å². The van der Waals surface area contributed by atoms with Crippen molar-refractivity contribution >= 4 is 15.9 Å². The van der Waals surface area contributed by atoms with Gasteiger partial charge in [-0.05, 0) is 28.4 Å². The minimum atomic E-state index is -0.539. The zero-order chi connectivity index (χ0) is 10.7. The molecule has 0 amide bonds. The highest BCUT2D eigenvalue weighted by molar-refractivity contribution is 9.10. The SMILES string of the molecule is N[C@@H](CCO)c1ccc(F)c(Br)c1O. The third-order valence-corrected chi connectivity index (χ3v) is 2.69. The molecule has 5 heteroatoms. The van der Waals surface area contributed by atoms with Gasteiger partial charge < -0.3 is 15.9 Å². The molecule has 78 valence electrons. The van der Waals surface area contributed by atoms with Crippen molar-refractivity contribution in [1.29, 1.82) is 0 Å². The number of aromatic hydroxyl groups is 1. The molecule has 1 aromatic rings. The number of aliphatic hydroxyl groups excluding tert-OH is 1. The van der Waals surface area contributed by atoms with Crippen LogP contribution in [0.15, 0.2) is 16.6 Å². The van der Waals surface area contributed by atoms with Crippen molar-refractivity contribution in [3.8, 4) is 5.75 Å². The molecule has 0 spiro atoms. The second kappa shape index (κ2) is 4.72. The molecule has 0 aliphatic rings. The van der Waals surface area contributed by atoms with Crippen molar-refractivity contribution in [3.63, 3.8) is 0 Å². The zero-order valence-corrected chi connectivity index (χ0v) is 8.96. The van der Waals surface area contributed by atoms with Crippen LogP contribution in [-0.4, -0.2) is 16.8 Å². The predicted molar refractivity (Wildman–Crippen MR) is 54.4 cm³/mol. The molecule has 14 heavy (non-hydrogen) atoms. The molecule has 0 unspecified atom stereocenters. The maximum atomic E-state index is 12.9. The summed E-state index contributed by atoms with van der Waals surface area (Å²) in [7, 11) is 0. The molecule has 0 heterocycles. The van der Waals surface area contributed by atoms with Crippen LogP contribution >= 0.6 is 15.9 Å². The Labute approximate surface area is 89.5 Å². The van der Waals surface area contributed by atoms with E-state index in [4.69, 9.17) is 10.8 Å². The van der Waals surface area contributed by atoms with Crippen LogP contribution in [0.2, 0.25) is 0 Å². The fourth-order valence-corrected chi connectivity index (χ4v) is 1.51. The minimum absolute atomic E-state index is 0.00314. The molecular weight excluding hydrogens is 253 g/mol. The Bertz CT molecular complexity index is 333. The second-order valence-corrected chi connectivity index (χ2v) is 3.71. The van der Waals surface area contributed by atoms with Gasteiger partial charge in [-0.25, -0.2) is 4.39 Å². The molecule has 3 nitrogen and oxygen atoms in total.